The van der Waals surface area contributed by atoms with Crippen LogP contribution >= 0.6 is 0 Å². The highest BCUT2D eigenvalue weighted by Crippen LogP contribution is 2.13. The number of nitrogens with zero attached hydrogens (tertiary/aromatic N) is 1. The van der Waals surface area contributed by atoms with E-state index in [4.69, 9.17) is 5.84 Å². The van der Waals surface area contributed by atoms with E-state index in [1.54, 1.807) is 6.20 Å². The fourth-order valence-corrected chi connectivity index (χ4v) is 1.90. The molecule has 94 valence electrons. The zero-order chi connectivity index (χ0) is 12.8. The Kier molecular flexibility index (Phi) is 4.15. The molecule has 1 atom stereocenters. The van der Waals surface area contributed by atoms with Gasteiger partial charge in [-0.1, -0.05) is 30.3 Å². The van der Waals surface area contributed by atoms with E-state index in [-0.39, 0.29) is 0 Å². The summed E-state index contributed by atoms with van der Waals surface area (Å²) >= 11 is 0. The van der Waals surface area contributed by atoms with E-state index in [1.807, 2.05) is 18.2 Å². The summed E-state index contributed by atoms with van der Waals surface area (Å²) in [5.41, 5.74) is 4.88. The Labute approximate surface area is 107 Å². The first kappa shape index (κ1) is 12.4. The van der Waals surface area contributed by atoms with Crippen LogP contribution in [0.1, 0.15) is 12.5 Å². The van der Waals surface area contributed by atoms with Crippen molar-refractivity contribution in [2.24, 2.45) is 5.84 Å². The molecular formula is C14H18N4. The highest BCUT2D eigenvalue weighted by atomic mass is 15.2. The summed E-state index contributed by atoms with van der Waals surface area (Å²) in [6, 6.07) is 14.6. The Balaban J connectivity index is 1.96. The van der Waals surface area contributed by atoms with E-state index in [0.717, 1.165) is 12.1 Å². The van der Waals surface area contributed by atoms with Crippen LogP contribution in [0, 0.1) is 0 Å². The largest absolute Gasteiger partial charge is 0.382 e. The Morgan fingerprint density at radius 1 is 1.22 bits per heavy atom. The molecule has 0 aliphatic carbocycles. The van der Waals surface area contributed by atoms with Gasteiger partial charge in [0, 0.05) is 24.0 Å². The molecule has 0 bridgehead atoms. The third-order valence-electron chi connectivity index (χ3n) is 2.71. The molecule has 1 heterocycles. The zero-order valence-corrected chi connectivity index (χ0v) is 10.4. The van der Waals surface area contributed by atoms with Gasteiger partial charge in [0.2, 0.25) is 0 Å². The summed E-state index contributed by atoms with van der Waals surface area (Å²) in [5, 5.41) is 3.43. The molecule has 2 rings (SSSR count). The van der Waals surface area contributed by atoms with Gasteiger partial charge in [-0.3, -0.25) is 0 Å². The maximum absolute atomic E-state index is 5.33. The lowest BCUT2D eigenvalue weighted by Crippen LogP contribution is -2.18. The summed E-state index contributed by atoms with van der Waals surface area (Å²) in [4.78, 5) is 4.07. The van der Waals surface area contributed by atoms with Crippen molar-refractivity contribution in [3.8, 4) is 0 Å². The van der Waals surface area contributed by atoms with Crippen molar-refractivity contribution in [2.75, 3.05) is 10.7 Å². The maximum atomic E-state index is 5.33. The summed E-state index contributed by atoms with van der Waals surface area (Å²) in [6.07, 6.45) is 2.71. The summed E-state index contributed by atoms with van der Waals surface area (Å²) < 4.78 is 0. The molecule has 1 aromatic heterocycles. The molecule has 1 aromatic carbocycles. The number of rotatable bonds is 5. The highest BCUT2D eigenvalue weighted by molar-refractivity contribution is 5.51. The number of aromatic nitrogens is 1. The molecular weight excluding hydrogens is 224 g/mol. The van der Waals surface area contributed by atoms with Gasteiger partial charge in [-0.25, -0.2) is 10.8 Å². The van der Waals surface area contributed by atoms with Gasteiger partial charge in [0.25, 0.3) is 0 Å². The first-order chi connectivity index (χ1) is 8.78. The average Bonchev–Trinajstić information content (AvgIpc) is 2.40. The molecule has 0 saturated carbocycles. The van der Waals surface area contributed by atoms with E-state index in [1.165, 1.54) is 5.56 Å². The number of nitrogens with two attached hydrogens (primary N) is 1. The minimum absolute atomic E-state index is 0.348. The maximum Gasteiger partial charge on any atom is 0.141 e. The molecule has 0 aliphatic heterocycles. The lowest BCUT2D eigenvalue weighted by Gasteiger charge is -2.15. The van der Waals surface area contributed by atoms with Crippen LogP contribution in [0.2, 0.25) is 0 Å². The van der Waals surface area contributed by atoms with Crippen molar-refractivity contribution in [1.29, 1.82) is 0 Å². The van der Waals surface area contributed by atoms with Crippen LogP contribution in [0.3, 0.4) is 0 Å². The van der Waals surface area contributed by atoms with E-state index < -0.39 is 0 Å². The average molecular weight is 242 g/mol. The van der Waals surface area contributed by atoms with E-state index in [2.05, 4.69) is 46.9 Å². The number of hydrogen-bond donors (Lipinski definition) is 3. The first-order valence-electron chi connectivity index (χ1n) is 6.01. The third-order valence-corrected chi connectivity index (χ3v) is 2.71. The predicted molar refractivity (Wildman–Crippen MR) is 75.3 cm³/mol. The molecule has 0 saturated heterocycles. The summed E-state index contributed by atoms with van der Waals surface area (Å²) in [5.74, 6) is 5.99. The minimum atomic E-state index is 0.348. The molecule has 4 nitrogen and oxygen atoms in total. The SMILES string of the molecule is CC(Cc1ccccc1)Nc1ccnc(NN)c1. The van der Waals surface area contributed by atoms with Gasteiger partial charge in [0.05, 0.1) is 0 Å². The topological polar surface area (TPSA) is 63.0 Å². The van der Waals surface area contributed by atoms with Gasteiger partial charge in [-0.2, -0.15) is 0 Å². The van der Waals surface area contributed by atoms with Crippen LogP contribution in [-0.4, -0.2) is 11.0 Å². The molecule has 2 aromatic rings. The van der Waals surface area contributed by atoms with Crippen LogP contribution in [0.15, 0.2) is 48.7 Å². The molecule has 1 unspecified atom stereocenters. The monoisotopic (exact) mass is 242 g/mol. The van der Waals surface area contributed by atoms with Gasteiger partial charge >= 0.3 is 0 Å². The number of nitrogen functional groups attached to an aromatic ring is 1. The number of hydrazine groups is 1. The second kappa shape index (κ2) is 6.02. The molecule has 0 amide bonds. The van der Waals surface area contributed by atoms with Crippen molar-refractivity contribution in [1.82, 2.24) is 4.98 Å². The van der Waals surface area contributed by atoms with Crippen molar-refractivity contribution in [3.05, 3.63) is 54.2 Å². The number of anilines is 2. The van der Waals surface area contributed by atoms with E-state index in [0.29, 0.717) is 11.9 Å². The molecule has 0 radical (unpaired) electrons. The van der Waals surface area contributed by atoms with Gasteiger partial charge in [-0.15, -0.1) is 0 Å². The van der Waals surface area contributed by atoms with Gasteiger partial charge in [0.15, 0.2) is 0 Å². The smallest absolute Gasteiger partial charge is 0.141 e. The third kappa shape index (κ3) is 3.46. The number of nitrogens with one attached hydrogen (secondary N) is 2. The van der Waals surface area contributed by atoms with Crippen molar-refractivity contribution in [3.63, 3.8) is 0 Å². The Hall–Kier alpha value is -2.07. The van der Waals surface area contributed by atoms with Crippen molar-refractivity contribution in [2.45, 2.75) is 19.4 Å². The summed E-state index contributed by atoms with van der Waals surface area (Å²) in [6.45, 7) is 2.16. The quantitative estimate of drug-likeness (QED) is 0.556. The van der Waals surface area contributed by atoms with Crippen molar-refractivity contribution < 1.29 is 0 Å². The molecule has 4 heteroatoms. The highest BCUT2D eigenvalue weighted by Gasteiger charge is 2.04. The second-order valence-electron chi connectivity index (χ2n) is 4.31. The molecule has 0 spiro atoms. The van der Waals surface area contributed by atoms with Crippen LogP contribution in [0.5, 0.6) is 0 Å². The Morgan fingerprint density at radius 2 is 2.00 bits per heavy atom. The van der Waals surface area contributed by atoms with Gasteiger partial charge in [0.1, 0.15) is 5.82 Å². The van der Waals surface area contributed by atoms with Gasteiger partial charge in [-0.05, 0) is 25.0 Å². The minimum Gasteiger partial charge on any atom is -0.382 e. The van der Waals surface area contributed by atoms with Gasteiger partial charge < -0.3 is 10.7 Å². The zero-order valence-electron chi connectivity index (χ0n) is 10.4. The standard InChI is InChI=1S/C14H18N4/c1-11(9-12-5-3-2-4-6-12)17-13-7-8-16-14(10-13)18-15/h2-8,10-11H,9,15H2,1H3,(H2,16,17,18). The lowest BCUT2D eigenvalue weighted by atomic mass is 10.1. The first-order valence-corrected chi connectivity index (χ1v) is 6.01. The van der Waals surface area contributed by atoms with Crippen LogP contribution in [0.25, 0.3) is 0 Å². The lowest BCUT2D eigenvalue weighted by molar-refractivity contribution is 0.790. The fraction of sp³-hybridized carbons (Fsp3) is 0.214. The van der Waals surface area contributed by atoms with E-state index >= 15 is 0 Å². The molecule has 0 fully saturated rings. The Bertz CT molecular complexity index is 484. The number of hydrogen-bond acceptors (Lipinski definition) is 4. The van der Waals surface area contributed by atoms with Crippen molar-refractivity contribution >= 4 is 11.5 Å². The van der Waals surface area contributed by atoms with Crippen LogP contribution in [0.4, 0.5) is 11.5 Å². The second-order valence-corrected chi connectivity index (χ2v) is 4.31. The van der Waals surface area contributed by atoms with E-state index in [9.17, 15) is 0 Å². The summed E-state index contributed by atoms with van der Waals surface area (Å²) in [7, 11) is 0. The Morgan fingerprint density at radius 3 is 2.72 bits per heavy atom. The normalized spacial score (nSPS) is 11.9. The number of benzene rings is 1. The van der Waals surface area contributed by atoms with Crippen LogP contribution in [-0.2, 0) is 6.42 Å². The molecule has 4 N–H and O–H groups in total. The predicted octanol–water partition coefficient (Wildman–Crippen LogP) is 2.41. The van der Waals surface area contributed by atoms with Crippen LogP contribution < -0.4 is 16.6 Å². The number of pyridine rings is 1. The molecule has 18 heavy (non-hydrogen) atoms. The molecule has 0 aliphatic rings. The fourth-order valence-electron chi connectivity index (χ4n) is 1.90.